The molecule has 0 aromatic heterocycles. The maximum atomic E-state index is 12.9. The maximum Gasteiger partial charge on any atom is 0.261 e. The Morgan fingerprint density at radius 2 is 1.93 bits per heavy atom. The van der Waals surface area contributed by atoms with E-state index in [-0.39, 0.29) is 25.0 Å². The van der Waals surface area contributed by atoms with E-state index in [1.54, 1.807) is 31.2 Å². The highest BCUT2D eigenvalue weighted by atomic mass is 79.9. The van der Waals surface area contributed by atoms with E-state index in [1.165, 1.54) is 4.90 Å². The first-order valence-electron chi connectivity index (χ1n) is 8.72. The van der Waals surface area contributed by atoms with E-state index < -0.39 is 6.04 Å². The minimum atomic E-state index is -0.680. The van der Waals surface area contributed by atoms with Gasteiger partial charge >= 0.3 is 0 Å². The number of benzene rings is 2. The lowest BCUT2D eigenvalue weighted by atomic mass is 10.1. The van der Waals surface area contributed by atoms with E-state index in [0.717, 1.165) is 5.56 Å². The maximum absolute atomic E-state index is 12.9. The van der Waals surface area contributed by atoms with Crippen LogP contribution in [-0.4, -0.2) is 35.9 Å². The van der Waals surface area contributed by atoms with Gasteiger partial charge in [-0.2, -0.15) is 0 Å². The van der Waals surface area contributed by atoms with Gasteiger partial charge in [0, 0.05) is 23.1 Å². The third-order valence-corrected chi connectivity index (χ3v) is 5.29. The summed E-state index contributed by atoms with van der Waals surface area (Å²) in [4.78, 5) is 26.7. The van der Waals surface area contributed by atoms with Crippen molar-refractivity contribution >= 4 is 50.9 Å². The summed E-state index contributed by atoms with van der Waals surface area (Å²) in [7, 11) is 0. The smallest absolute Gasteiger partial charge is 0.261 e. The standard InChI is InChI=1S/C20H21BrCl2N2O3/c1-3-24-20(27)13(2)25(11-14-6-4-5-7-17(14)23)19(26)12-28-18-9-8-15(22)10-16(18)21/h4-10,13H,3,11-12H2,1-2H3,(H,24,27). The Bertz CT molecular complexity index is 848. The van der Waals surface area contributed by atoms with E-state index in [0.29, 0.717) is 26.8 Å². The number of nitrogens with one attached hydrogen (secondary N) is 1. The molecule has 1 N–H and O–H groups in total. The van der Waals surface area contributed by atoms with Crippen LogP contribution < -0.4 is 10.1 Å². The molecule has 0 saturated carbocycles. The van der Waals surface area contributed by atoms with E-state index in [9.17, 15) is 9.59 Å². The second-order valence-corrected chi connectivity index (χ2v) is 7.74. The fraction of sp³-hybridized carbons (Fsp3) is 0.300. The highest BCUT2D eigenvalue weighted by Gasteiger charge is 2.26. The molecule has 2 amide bonds. The largest absolute Gasteiger partial charge is 0.483 e. The van der Waals surface area contributed by atoms with Gasteiger partial charge in [-0.05, 0) is 59.6 Å². The second kappa shape index (κ2) is 10.7. The van der Waals surface area contributed by atoms with Crippen molar-refractivity contribution in [3.8, 4) is 5.75 Å². The molecule has 28 heavy (non-hydrogen) atoms. The summed E-state index contributed by atoms with van der Waals surface area (Å²) in [6.45, 7) is 3.95. The Balaban J connectivity index is 2.18. The summed E-state index contributed by atoms with van der Waals surface area (Å²) < 4.78 is 6.27. The summed E-state index contributed by atoms with van der Waals surface area (Å²) in [5.41, 5.74) is 0.751. The van der Waals surface area contributed by atoms with Gasteiger partial charge < -0.3 is 15.0 Å². The molecule has 8 heteroatoms. The molecule has 2 rings (SSSR count). The number of likely N-dealkylation sites (N-methyl/N-ethyl adjacent to an activating group) is 1. The first-order valence-corrected chi connectivity index (χ1v) is 10.3. The molecule has 1 unspecified atom stereocenters. The van der Waals surface area contributed by atoms with Crippen LogP contribution in [0.3, 0.4) is 0 Å². The van der Waals surface area contributed by atoms with Crippen molar-refractivity contribution in [3.05, 3.63) is 62.5 Å². The molecule has 0 aliphatic carbocycles. The van der Waals surface area contributed by atoms with Gasteiger partial charge in [0.15, 0.2) is 6.61 Å². The van der Waals surface area contributed by atoms with Crippen LogP contribution in [-0.2, 0) is 16.1 Å². The Kier molecular flexibility index (Phi) is 8.60. The zero-order chi connectivity index (χ0) is 20.7. The fourth-order valence-corrected chi connectivity index (χ4v) is 3.52. The molecule has 0 saturated heterocycles. The zero-order valence-corrected chi connectivity index (χ0v) is 18.6. The van der Waals surface area contributed by atoms with E-state index in [4.69, 9.17) is 27.9 Å². The van der Waals surface area contributed by atoms with Crippen LogP contribution in [0.1, 0.15) is 19.4 Å². The number of halogens is 3. The molecule has 2 aromatic carbocycles. The Labute approximate surface area is 183 Å². The summed E-state index contributed by atoms with van der Waals surface area (Å²) in [6, 6.07) is 11.6. The van der Waals surface area contributed by atoms with Crippen LogP contribution in [0.15, 0.2) is 46.9 Å². The normalized spacial score (nSPS) is 11.6. The summed E-state index contributed by atoms with van der Waals surface area (Å²) >= 11 is 15.5. The minimum absolute atomic E-state index is 0.196. The van der Waals surface area contributed by atoms with E-state index >= 15 is 0 Å². The third kappa shape index (κ3) is 6.12. The van der Waals surface area contributed by atoms with Crippen molar-refractivity contribution in [3.63, 3.8) is 0 Å². The molecule has 0 heterocycles. The number of hydrogen-bond donors (Lipinski definition) is 1. The first kappa shape index (κ1) is 22.5. The molecular formula is C20H21BrCl2N2O3. The Morgan fingerprint density at radius 1 is 1.21 bits per heavy atom. The fourth-order valence-electron chi connectivity index (χ4n) is 2.53. The molecule has 0 radical (unpaired) electrons. The third-order valence-electron chi connectivity index (χ3n) is 4.06. The molecule has 0 aliphatic rings. The average molecular weight is 488 g/mol. The van der Waals surface area contributed by atoms with Crippen molar-refractivity contribution in [1.82, 2.24) is 10.2 Å². The van der Waals surface area contributed by atoms with Crippen LogP contribution in [0, 0.1) is 0 Å². The van der Waals surface area contributed by atoms with Gasteiger partial charge in [0.25, 0.3) is 5.91 Å². The predicted molar refractivity (Wildman–Crippen MR) is 115 cm³/mol. The molecule has 0 fully saturated rings. The van der Waals surface area contributed by atoms with Crippen LogP contribution >= 0.6 is 39.1 Å². The highest BCUT2D eigenvalue weighted by molar-refractivity contribution is 9.10. The monoisotopic (exact) mass is 486 g/mol. The average Bonchev–Trinajstić information content (AvgIpc) is 2.66. The van der Waals surface area contributed by atoms with Crippen molar-refractivity contribution < 1.29 is 14.3 Å². The first-order chi connectivity index (χ1) is 13.3. The van der Waals surface area contributed by atoms with Crippen molar-refractivity contribution in [2.24, 2.45) is 0 Å². The summed E-state index contributed by atoms with van der Waals surface area (Å²) in [5.74, 6) is -0.0859. The minimum Gasteiger partial charge on any atom is -0.483 e. The predicted octanol–water partition coefficient (Wildman–Crippen LogP) is 4.69. The van der Waals surface area contributed by atoms with Crippen molar-refractivity contribution in [2.45, 2.75) is 26.4 Å². The van der Waals surface area contributed by atoms with E-state index in [2.05, 4.69) is 21.2 Å². The summed E-state index contributed by atoms with van der Waals surface area (Å²) in [6.07, 6.45) is 0. The van der Waals surface area contributed by atoms with Gasteiger partial charge in [-0.3, -0.25) is 9.59 Å². The summed E-state index contributed by atoms with van der Waals surface area (Å²) in [5, 5.41) is 3.83. The van der Waals surface area contributed by atoms with Crippen LogP contribution in [0.4, 0.5) is 0 Å². The number of hydrogen-bond acceptors (Lipinski definition) is 3. The lowest BCUT2D eigenvalue weighted by molar-refractivity contribution is -0.142. The number of amides is 2. The SMILES string of the molecule is CCNC(=O)C(C)N(Cc1ccccc1Cl)C(=O)COc1ccc(Cl)cc1Br. The van der Waals surface area contributed by atoms with Crippen LogP contribution in [0.25, 0.3) is 0 Å². The van der Waals surface area contributed by atoms with Gasteiger partial charge in [-0.25, -0.2) is 0 Å². The number of carbonyl (C=O) groups excluding carboxylic acids is 2. The Hall–Kier alpha value is -1.76. The number of rotatable bonds is 8. The topological polar surface area (TPSA) is 58.6 Å². The molecule has 0 spiro atoms. The number of nitrogens with zero attached hydrogens (tertiary/aromatic N) is 1. The van der Waals surface area contributed by atoms with Crippen LogP contribution in [0.5, 0.6) is 5.75 Å². The van der Waals surface area contributed by atoms with Gasteiger partial charge in [-0.15, -0.1) is 0 Å². The van der Waals surface area contributed by atoms with Gasteiger partial charge in [0.05, 0.1) is 4.47 Å². The zero-order valence-electron chi connectivity index (χ0n) is 15.5. The molecule has 1 atom stereocenters. The second-order valence-electron chi connectivity index (χ2n) is 6.05. The lowest BCUT2D eigenvalue weighted by Gasteiger charge is -2.29. The van der Waals surface area contributed by atoms with Crippen molar-refractivity contribution in [1.29, 1.82) is 0 Å². The van der Waals surface area contributed by atoms with Gasteiger partial charge in [0.1, 0.15) is 11.8 Å². The molecule has 150 valence electrons. The van der Waals surface area contributed by atoms with Crippen molar-refractivity contribution in [2.75, 3.05) is 13.2 Å². The van der Waals surface area contributed by atoms with Crippen LogP contribution in [0.2, 0.25) is 10.0 Å². The lowest BCUT2D eigenvalue weighted by Crippen LogP contribution is -2.49. The molecule has 0 aliphatic heterocycles. The molecular weight excluding hydrogens is 467 g/mol. The molecule has 5 nitrogen and oxygen atoms in total. The number of ether oxygens (including phenoxy) is 1. The van der Waals surface area contributed by atoms with E-state index in [1.807, 2.05) is 25.1 Å². The number of carbonyl (C=O) groups is 2. The quantitative estimate of drug-likeness (QED) is 0.587. The van der Waals surface area contributed by atoms with Gasteiger partial charge in [-0.1, -0.05) is 41.4 Å². The van der Waals surface area contributed by atoms with Gasteiger partial charge in [0.2, 0.25) is 5.91 Å². The molecule has 2 aromatic rings. The Morgan fingerprint density at radius 3 is 2.57 bits per heavy atom. The highest BCUT2D eigenvalue weighted by Crippen LogP contribution is 2.28. The molecule has 0 bridgehead atoms.